The number of hydrogen-bond donors (Lipinski definition) is 0. The molecular weight excluding hydrogens is 376 g/mol. The zero-order valence-corrected chi connectivity index (χ0v) is 15.5. The quantitative estimate of drug-likeness (QED) is 0.418. The van der Waals surface area contributed by atoms with Crippen LogP contribution >= 0.6 is 23.1 Å². The fraction of sp³-hybridized carbons (Fsp3) is 0.158. The molecule has 0 atom stereocenters. The summed E-state index contributed by atoms with van der Waals surface area (Å²) in [5, 5.41) is 2.97. The molecule has 3 aromatic rings. The van der Waals surface area contributed by atoms with Crippen molar-refractivity contribution in [2.45, 2.75) is 24.2 Å². The second-order valence-electron chi connectivity index (χ2n) is 5.43. The molecule has 134 valence electrons. The second-order valence-corrected chi connectivity index (χ2v) is 7.51. The highest BCUT2D eigenvalue weighted by atomic mass is 32.2. The van der Waals surface area contributed by atoms with Crippen LogP contribution in [0.2, 0.25) is 0 Å². The molecular formula is C19H15F2NO2S2. The van der Waals surface area contributed by atoms with Crippen LogP contribution in [0.1, 0.15) is 26.6 Å². The lowest BCUT2D eigenvalue weighted by molar-refractivity contribution is 0.0464. The molecule has 26 heavy (non-hydrogen) atoms. The number of carbonyl (C=O) groups is 1. The third kappa shape index (κ3) is 4.47. The van der Waals surface area contributed by atoms with E-state index in [1.54, 1.807) is 23.5 Å². The van der Waals surface area contributed by atoms with Crippen LogP contribution in [0, 0.1) is 18.6 Å². The maximum Gasteiger partial charge on any atom is 0.339 e. The molecule has 2 aromatic carbocycles. The SMILES string of the molecule is Cc1nc(CSc2ccccc2C(=O)OCc2cccc(F)c2F)cs1. The van der Waals surface area contributed by atoms with Gasteiger partial charge in [0, 0.05) is 21.6 Å². The van der Waals surface area contributed by atoms with Gasteiger partial charge in [0.25, 0.3) is 0 Å². The number of carbonyl (C=O) groups excluding carboxylic acids is 1. The van der Waals surface area contributed by atoms with Gasteiger partial charge < -0.3 is 4.74 Å². The number of benzene rings is 2. The van der Waals surface area contributed by atoms with Gasteiger partial charge in [-0.1, -0.05) is 24.3 Å². The summed E-state index contributed by atoms with van der Waals surface area (Å²) in [5.74, 6) is -1.91. The number of thioether (sulfide) groups is 1. The van der Waals surface area contributed by atoms with E-state index in [4.69, 9.17) is 4.74 Å². The topological polar surface area (TPSA) is 39.2 Å². The van der Waals surface area contributed by atoms with Gasteiger partial charge in [-0.15, -0.1) is 23.1 Å². The molecule has 0 bridgehead atoms. The van der Waals surface area contributed by atoms with Gasteiger partial charge in [0.15, 0.2) is 11.6 Å². The lowest BCUT2D eigenvalue weighted by Crippen LogP contribution is -2.08. The van der Waals surface area contributed by atoms with Crippen molar-refractivity contribution in [3.05, 3.63) is 81.3 Å². The van der Waals surface area contributed by atoms with Crippen LogP contribution in [0.4, 0.5) is 8.78 Å². The van der Waals surface area contributed by atoms with E-state index in [1.165, 1.54) is 23.9 Å². The number of hydrogen-bond acceptors (Lipinski definition) is 5. The van der Waals surface area contributed by atoms with Crippen LogP contribution in [0.3, 0.4) is 0 Å². The Morgan fingerprint density at radius 3 is 2.77 bits per heavy atom. The summed E-state index contributed by atoms with van der Waals surface area (Å²) < 4.78 is 32.1. The Morgan fingerprint density at radius 1 is 1.19 bits per heavy atom. The molecule has 3 rings (SSSR count). The first-order valence-corrected chi connectivity index (χ1v) is 9.64. The zero-order chi connectivity index (χ0) is 18.5. The second kappa shape index (κ2) is 8.42. The van der Waals surface area contributed by atoms with E-state index in [-0.39, 0.29) is 12.2 Å². The first kappa shape index (κ1) is 18.5. The molecule has 0 spiro atoms. The summed E-state index contributed by atoms with van der Waals surface area (Å²) in [4.78, 5) is 17.5. The molecule has 1 aromatic heterocycles. The fourth-order valence-electron chi connectivity index (χ4n) is 2.27. The van der Waals surface area contributed by atoms with Crippen LogP contribution in [-0.2, 0) is 17.1 Å². The summed E-state index contributed by atoms with van der Waals surface area (Å²) in [6, 6.07) is 10.8. The van der Waals surface area contributed by atoms with Gasteiger partial charge in [-0.25, -0.2) is 18.6 Å². The van der Waals surface area contributed by atoms with Crippen molar-refractivity contribution < 1.29 is 18.3 Å². The highest BCUT2D eigenvalue weighted by Crippen LogP contribution is 2.27. The first-order valence-electron chi connectivity index (χ1n) is 7.77. The fourth-order valence-corrected chi connectivity index (χ4v) is 3.92. The Hall–Kier alpha value is -2.25. The van der Waals surface area contributed by atoms with E-state index in [2.05, 4.69) is 4.98 Å². The molecule has 0 aliphatic carbocycles. The summed E-state index contributed by atoms with van der Waals surface area (Å²) in [6.45, 7) is 1.61. The summed E-state index contributed by atoms with van der Waals surface area (Å²) in [7, 11) is 0. The molecule has 0 saturated heterocycles. The van der Waals surface area contributed by atoms with Gasteiger partial charge in [-0.05, 0) is 25.1 Å². The van der Waals surface area contributed by atoms with Gasteiger partial charge in [0.2, 0.25) is 0 Å². The van der Waals surface area contributed by atoms with Gasteiger partial charge in [0.1, 0.15) is 6.61 Å². The van der Waals surface area contributed by atoms with Crippen LogP contribution in [0.25, 0.3) is 0 Å². The molecule has 0 N–H and O–H groups in total. The summed E-state index contributed by atoms with van der Waals surface area (Å²) >= 11 is 3.05. The number of esters is 1. The zero-order valence-electron chi connectivity index (χ0n) is 13.9. The Bertz CT molecular complexity index is 927. The van der Waals surface area contributed by atoms with E-state index in [1.807, 2.05) is 24.4 Å². The van der Waals surface area contributed by atoms with E-state index in [9.17, 15) is 13.6 Å². The van der Waals surface area contributed by atoms with E-state index < -0.39 is 17.6 Å². The van der Waals surface area contributed by atoms with Crippen molar-refractivity contribution in [2.75, 3.05) is 0 Å². The average molecular weight is 391 g/mol. The predicted molar refractivity (Wildman–Crippen MR) is 98.3 cm³/mol. The predicted octanol–water partition coefficient (Wildman–Crippen LogP) is 5.38. The minimum atomic E-state index is -0.998. The maximum atomic E-state index is 13.7. The third-order valence-electron chi connectivity index (χ3n) is 3.54. The molecule has 0 fully saturated rings. The molecule has 0 amide bonds. The maximum absolute atomic E-state index is 13.7. The largest absolute Gasteiger partial charge is 0.457 e. The minimum absolute atomic E-state index is 0.00133. The molecule has 7 heteroatoms. The highest BCUT2D eigenvalue weighted by Gasteiger charge is 2.15. The van der Waals surface area contributed by atoms with Gasteiger partial charge in [0.05, 0.1) is 16.3 Å². The molecule has 0 aliphatic heterocycles. The van der Waals surface area contributed by atoms with Crippen molar-refractivity contribution in [2.24, 2.45) is 0 Å². The lowest BCUT2D eigenvalue weighted by Gasteiger charge is -2.09. The normalized spacial score (nSPS) is 10.7. The highest BCUT2D eigenvalue weighted by molar-refractivity contribution is 7.98. The molecule has 0 aliphatic rings. The molecule has 0 unspecified atom stereocenters. The molecule has 0 saturated carbocycles. The van der Waals surface area contributed by atoms with E-state index >= 15 is 0 Å². The van der Waals surface area contributed by atoms with E-state index in [0.717, 1.165) is 21.7 Å². The minimum Gasteiger partial charge on any atom is -0.457 e. The van der Waals surface area contributed by atoms with Crippen molar-refractivity contribution in [1.82, 2.24) is 4.98 Å². The third-order valence-corrected chi connectivity index (χ3v) is 5.47. The van der Waals surface area contributed by atoms with Crippen LogP contribution in [-0.4, -0.2) is 11.0 Å². The number of thiazole rings is 1. The Labute approximate surface area is 158 Å². The number of ether oxygens (including phenoxy) is 1. The Morgan fingerprint density at radius 2 is 2.00 bits per heavy atom. The van der Waals surface area contributed by atoms with E-state index in [0.29, 0.717) is 11.3 Å². The number of rotatable bonds is 6. The van der Waals surface area contributed by atoms with Crippen molar-refractivity contribution >= 4 is 29.1 Å². The smallest absolute Gasteiger partial charge is 0.339 e. The lowest BCUT2D eigenvalue weighted by atomic mass is 10.2. The Balaban J connectivity index is 1.68. The van der Waals surface area contributed by atoms with Crippen molar-refractivity contribution in [3.63, 3.8) is 0 Å². The van der Waals surface area contributed by atoms with Crippen LogP contribution in [0.15, 0.2) is 52.7 Å². The van der Waals surface area contributed by atoms with Gasteiger partial charge in [-0.2, -0.15) is 0 Å². The Kier molecular flexibility index (Phi) is 6.00. The number of aryl methyl sites for hydroxylation is 1. The van der Waals surface area contributed by atoms with Gasteiger partial charge >= 0.3 is 5.97 Å². The molecule has 3 nitrogen and oxygen atoms in total. The van der Waals surface area contributed by atoms with Crippen LogP contribution < -0.4 is 0 Å². The monoisotopic (exact) mass is 391 g/mol. The number of aromatic nitrogens is 1. The van der Waals surface area contributed by atoms with Crippen LogP contribution in [0.5, 0.6) is 0 Å². The number of halogens is 2. The summed E-state index contributed by atoms with van der Waals surface area (Å²) in [5.41, 5.74) is 1.34. The first-order chi connectivity index (χ1) is 12.5. The van der Waals surface area contributed by atoms with Crippen molar-refractivity contribution in [1.29, 1.82) is 0 Å². The number of nitrogens with zero attached hydrogens (tertiary/aromatic N) is 1. The van der Waals surface area contributed by atoms with Gasteiger partial charge in [-0.3, -0.25) is 0 Å². The standard InChI is InChI=1S/C19H15F2NO2S2/c1-12-22-14(10-25-12)11-26-17-8-3-2-6-15(17)19(23)24-9-13-5-4-7-16(20)18(13)21/h2-8,10H,9,11H2,1H3. The molecule has 0 radical (unpaired) electrons. The molecule has 1 heterocycles. The average Bonchev–Trinajstić information content (AvgIpc) is 3.06. The summed E-state index contributed by atoms with van der Waals surface area (Å²) in [6.07, 6.45) is 0. The van der Waals surface area contributed by atoms with Crippen molar-refractivity contribution in [3.8, 4) is 0 Å².